The van der Waals surface area contributed by atoms with Crippen LogP contribution < -0.4 is 0 Å². The van der Waals surface area contributed by atoms with Crippen LogP contribution in [0.2, 0.25) is 0 Å². The lowest BCUT2D eigenvalue weighted by Gasteiger charge is -2.19. The quantitative estimate of drug-likeness (QED) is 0.239. The van der Waals surface area contributed by atoms with Gasteiger partial charge in [0, 0.05) is 45.1 Å². The molecule has 38 heavy (non-hydrogen) atoms. The molecule has 0 spiro atoms. The lowest BCUT2D eigenvalue weighted by molar-refractivity contribution is 0.589. The van der Waals surface area contributed by atoms with Crippen LogP contribution in [-0.4, -0.2) is 9.55 Å². The maximum absolute atomic E-state index is 6.63. The Bertz CT molecular complexity index is 1970. The van der Waals surface area contributed by atoms with Gasteiger partial charge in [0.25, 0.3) is 0 Å². The normalized spacial score (nSPS) is 12.3. The van der Waals surface area contributed by atoms with Gasteiger partial charge in [-0.15, -0.1) is 0 Å². The maximum atomic E-state index is 6.63. The number of pyridine rings is 1. The van der Waals surface area contributed by atoms with Crippen LogP contribution in [0, 0.1) is 13.8 Å². The van der Waals surface area contributed by atoms with Gasteiger partial charge in [-0.2, -0.15) is 0 Å². The van der Waals surface area contributed by atoms with E-state index in [9.17, 15) is 0 Å². The first kappa shape index (κ1) is 22.8. The van der Waals surface area contributed by atoms with Crippen LogP contribution in [0.25, 0.3) is 60.7 Å². The summed E-state index contributed by atoms with van der Waals surface area (Å²) >= 11 is 0. The lowest BCUT2D eigenvalue weighted by atomic mass is 9.87. The van der Waals surface area contributed by atoms with Gasteiger partial charge in [0.05, 0.1) is 16.7 Å². The number of rotatable bonds is 2. The Balaban J connectivity index is 1.49. The van der Waals surface area contributed by atoms with Gasteiger partial charge in [-0.1, -0.05) is 69.3 Å². The molecule has 0 saturated carbocycles. The number of fused-ring (bicyclic) bond motifs is 6. The number of nitrogens with zero attached hydrogens (tertiary/aromatic N) is 2. The van der Waals surface area contributed by atoms with Crippen molar-refractivity contribution in [1.82, 2.24) is 9.55 Å². The average Bonchev–Trinajstić information content (AvgIpc) is 3.45. The fourth-order valence-corrected chi connectivity index (χ4v) is 5.89. The molecule has 186 valence electrons. The highest BCUT2D eigenvalue weighted by molar-refractivity contribution is 6.12. The standard InChI is InChI=1S/C35H30N2O/c1-21-9-6-11-26-27-12-7-10-22(2)33(27)37(32(21)26)24-15-16-25-28-13-8-14-29(34(28)38-31(25)20-24)30-19-23(17-18-36-30)35(3,4)5/h6-20H,1-5H3. The lowest BCUT2D eigenvalue weighted by Crippen LogP contribution is -2.11. The van der Waals surface area contributed by atoms with Crippen molar-refractivity contribution in [2.75, 3.05) is 0 Å². The van der Waals surface area contributed by atoms with Crippen LogP contribution in [0.5, 0.6) is 0 Å². The molecule has 3 heterocycles. The Morgan fingerprint density at radius 2 is 1.34 bits per heavy atom. The Morgan fingerprint density at radius 3 is 2.03 bits per heavy atom. The number of aryl methyl sites for hydroxylation is 2. The van der Waals surface area contributed by atoms with Gasteiger partial charge in [0.2, 0.25) is 0 Å². The monoisotopic (exact) mass is 494 g/mol. The Labute approximate surface area is 222 Å². The molecule has 0 unspecified atom stereocenters. The molecule has 3 nitrogen and oxygen atoms in total. The largest absolute Gasteiger partial charge is 0.455 e. The molecule has 0 fully saturated rings. The Hall–Kier alpha value is -4.37. The molecule has 0 aliphatic heterocycles. The third kappa shape index (κ3) is 3.31. The minimum Gasteiger partial charge on any atom is -0.455 e. The number of para-hydroxylation sites is 3. The molecule has 0 atom stereocenters. The fourth-order valence-electron chi connectivity index (χ4n) is 5.89. The number of benzene rings is 4. The second kappa shape index (κ2) is 8.06. The van der Waals surface area contributed by atoms with Gasteiger partial charge in [0.1, 0.15) is 11.2 Å². The first-order valence-electron chi connectivity index (χ1n) is 13.2. The van der Waals surface area contributed by atoms with Crippen molar-refractivity contribution < 1.29 is 4.42 Å². The second-order valence-electron chi connectivity index (χ2n) is 11.4. The van der Waals surface area contributed by atoms with E-state index in [2.05, 4.69) is 124 Å². The van der Waals surface area contributed by atoms with Crippen molar-refractivity contribution in [3.05, 3.63) is 108 Å². The predicted molar refractivity (Wildman–Crippen MR) is 159 cm³/mol. The molecule has 4 aromatic carbocycles. The highest BCUT2D eigenvalue weighted by atomic mass is 16.3. The first-order chi connectivity index (χ1) is 18.3. The fraction of sp³-hybridized carbons (Fsp3) is 0.171. The molecule has 7 aromatic rings. The highest BCUT2D eigenvalue weighted by Crippen LogP contribution is 2.39. The van der Waals surface area contributed by atoms with Crippen molar-refractivity contribution in [2.24, 2.45) is 0 Å². The number of furan rings is 1. The van der Waals surface area contributed by atoms with Crippen molar-refractivity contribution in [2.45, 2.75) is 40.0 Å². The summed E-state index contributed by atoms with van der Waals surface area (Å²) < 4.78 is 9.03. The predicted octanol–water partition coefficient (Wildman–Crippen LogP) is 9.66. The molecular weight excluding hydrogens is 464 g/mol. The van der Waals surface area contributed by atoms with E-state index < -0.39 is 0 Å². The molecule has 0 bridgehead atoms. The van der Waals surface area contributed by atoms with E-state index in [0.717, 1.165) is 38.9 Å². The van der Waals surface area contributed by atoms with Crippen LogP contribution in [0.3, 0.4) is 0 Å². The summed E-state index contributed by atoms with van der Waals surface area (Å²) in [5.41, 5.74) is 11.2. The molecule has 3 aromatic heterocycles. The minimum atomic E-state index is 0.0486. The zero-order valence-corrected chi connectivity index (χ0v) is 22.5. The molecule has 3 heteroatoms. The smallest absolute Gasteiger partial charge is 0.144 e. The van der Waals surface area contributed by atoms with Crippen LogP contribution >= 0.6 is 0 Å². The van der Waals surface area contributed by atoms with Gasteiger partial charge in [-0.05, 0) is 66.3 Å². The number of hydrogen-bond acceptors (Lipinski definition) is 2. The molecule has 0 saturated heterocycles. The summed E-state index contributed by atoms with van der Waals surface area (Å²) in [5, 5.41) is 4.79. The van der Waals surface area contributed by atoms with Crippen molar-refractivity contribution >= 4 is 43.7 Å². The SMILES string of the molecule is Cc1cccc2c3cccc(C)c3n(-c3ccc4c(c3)oc3c(-c5cc(C(C)(C)C)ccn5)cccc34)c12. The Morgan fingerprint density at radius 1 is 0.684 bits per heavy atom. The second-order valence-corrected chi connectivity index (χ2v) is 11.4. The topological polar surface area (TPSA) is 31.0 Å². The third-order valence-electron chi connectivity index (χ3n) is 7.86. The molecule has 0 aliphatic carbocycles. The van der Waals surface area contributed by atoms with Gasteiger partial charge in [-0.3, -0.25) is 4.98 Å². The van der Waals surface area contributed by atoms with Gasteiger partial charge < -0.3 is 8.98 Å². The summed E-state index contributed by atoms with van der Waals surface area (Å²) in [7, 11) is 0. The van der Waals surface area contributed by atoms with E-state index in [0.29, 0.717) is 0 Å². The Kier molecular flexibility index (Phi) is 4.84. The number of hydrogen-bond donors (Lipinski definition) is 0. The third-order valence-corrected chi connectivity index (χ3v) is 7.86. The maximum Gasteiger partial charge on any atom is 0.144 e. The molecule has 7 rings (SSSR count). The van der Waals surface area contributed by atoms with E-state index >= 15 is 0 Å². The van der Waals surface area contributed by atoms with Gasteiger partial charge in [-0.25, -0.2) is 0 Å². The van der Waals surface area contributed by atoms with Crippen molar-refractivity contribution in [1.29, 1.82) is 0 Å². The summed E-state index contributed by atoms with van der Waals surface area (Å²) in [6, 6.07) is 30.4. The van der Waals surface area contributed by atoms with E-state index in [1.165, 1.54) is 38.5 Å². The van der Waals surface area contributed by atoms with E-state index in [-0.39, 0.29) is 5.41 Å². The first-order valence-corrected chi connectivity index (χ1v) is 13.2. The number of aromatic nitrogens is 2. The highest BCUT2D eigenvalue weighted by Gasteiger charge is 2.19. The summed E-state index contributed by atoms with van der Waals surface area (Å²) in [5.74, 6) is 0. The van der Waals surface area contributed by atoms with Crippen molar-refractivity contribution in [3.8, 4) is 16.9 Å². The van der Waals surface area contributed by atoms with E-state index in [1.807, 2.05) is 6.20 Å². The average molecular weight is 495 g/mol. The van der Waals surface area contributed by atoms with Gasteiger partial charge >= 0.3 is 0 Å². The molecule has 0 aliphatic rings. The van der Waals surface area contributed by atoms with Crippen LogP contribution in [0.15, 0.2) is 95.5 Å². The zero-order valence-electron chi connectivity index (χ0n) is 22.5. The van der Waals surface area contributed by atoms with E-state index in [1.54, 1.807) is 0 Å². The van der Waals surface area contributed by atoms with Crippen LogP contribution in [0.1, 0.15) is 37.5 Å². The molecular formula is C35H30N2O. The molecule has 0 amide bonds. The summed E-state index contributed by atoms with van der Waals surface area (Å²) in [4.78, 5) is 4.73. The van der Waals surface area contributed by atoms with Gasteiger partial charge in [0.15, 0.2) is 0 Å². The summed E-state index contributed by atoms with van der Waals surface area (Å²) in [6.45, 7) is 11.1. The molecule has 0 radical (unpaired) electrons. The minimum absolute atomic E-state index is 0.0486. The van der Waals surface area contributed by atoms with Crippen LogP contribution in [-0.2, 0) is 5.41 Å². The van der Waals surface area contributed by atoms with E-state index in [4.69, 9.17) is 9.40 Å². The van der Waals surface area contributed by atoms with Crippen LogP contribution in [0.4, 0.5) is 0 Å². The zero-order chi connectivity index (χ0) is 26.2. The summed E-state index contributed by atoms with van der Waals surface area (Å²) in [6.07, 6.45) is 1.91. The molecule has 0 N–H and O–H groups in total. The van der Waals surface area contributed by atoms with Crippen molar-refractivity contribution in [3.63, 3.8) is 0 Å².